The fourth-order valence-corrected chi connectivity index (χ4v) is 0.907. The first-order valence-corrected chi connectivity index (χ1v) is 3.67. The number of nitrogens with zero attached hydrogens (tertiary/aromatic N) is 1. The molecule has 1 aromatic rings. The Morgan fingerprint density at radius 3 is 2.75 bits per heavy atom. The summed E-state index contributed by atoms with van der Waals surface area (Å²) in [4.78, 5) is 13.8. The van der Waals surface area contributed by atoms with Crippen LogP contribution in [0.3, 0.4) is 0 Å². The molecule has 2 N–H and O–H groups in total. The first kappa shape index (κ1) is 9.09. The van der Waals surface area contributed by atoms with Crippen LogP contribution in [0.1, 0.15) is 0 Å². The Kier molecular flexibility index (Phi) is 2.73. The molecule has 6 heteroatoms. The van der Waals surface area contributed by atoms with Gasteiger partial charge in [-0.3, -0.25) is 5.32 Å². The molecular formula is C6H4Cl2N2O2. The number of anilines is 1. The summed E-state index contributed by atoms with van der Waals surface area (Å²) < 4.78 is 0. The number of halogens is 2. The Morgan fingerprint density at radius 1 is 1.50 bits per heavy atom. The van der Waals surface area contributed by atoms with Gasteiger partial charge in [-0.25, -0.2) is 9.78 Å². The van der Waals surface area contributed by atoms with E-state index in [2.05, 4.69) is 4.98 Å². The second-order valence-corrected chi connectivity index (χ2v) is 2.69. The van der Waals surface area contributed by atoms with Crippen LogP contribution in [0, 0.1) is 0 Å². The lowest BCUT2D eigenvalue weighted by Gasteiger charge is -2.01. The summed E-state index contributed by atoms with van der Waals surface area (Å²) in [5, 5.41) is 10.7. The van der Waals surface area contributed by atoms with Crippen LogP contribution in [-0.4, -0.2) is 16.2 Å². The third kappa shape index (κ3) is 2.25. The lowest BCUT2D eigenvalue weighted by atomic mass is 10.4. The van der Waals surface area contributed by atoms with Crippen LogP contribution in [-0.2, 0) is 0 Å². The zero-order valence-corrected chi connectivity index (χ0v) is 7.23. The maximum Gasteiger partial charge on any atom is 0.410 e. The number of nitrogens with one attached hydrogen (secondary N) is 1. The second-order valence-electron chi connectivity index (χ2n) is 1.89. The standard InChI is InChI=1S/C6H4Cl2N2O2/c7-3-1-2-4(8)9-5(3)10-6(11)12/h1-2H,(H,9,10)(H,11,12). The fourth-order valence-electron chi connectivity index (χ4n) is 0.607. The number of aromatic nitrogens is 1. The molecule has 0 radical (unpaired) electrons. The van der Waals surface area contributed by atoms with Crippen LogP contribution < -0.4 is 5.32 Å². The van der Waals surface area contributed by atoms with E-state index in [-0.39, 0.29) is 16.0 Å². The number of hydrogen-bond acceptors (Lipinski definition) is 2. The van der Waals surface area contributed by atoms with Crippen LogP contribution in [0.4, 0.5) is 10.6 Å². The minimum Gasteiger partial charge on any atom is -0.465 e. The Labute approximate surface area is 78.1 Å². The number of amides is 1. The van der Waals surface area contributed by atoms with Crippen molar-refractivity contribution in [2.75, 3.05) is 5.32 Å². The molecule has 1 rings (SSSR count). The lowest BCUT2D eigenvalue weighted by molar-refractivity contribution is 0.209. The Bertz CT molecular complexity index is 316. The van der Waals surface area contributed by atoms with Crippen LogP contribution in [0.5, 0.6) is 0 Å². The van der Waals surface area contributed by atoms with Crippen molar-refractivity contribution in [2.45, 2.75) is 0 Å². The number of pyridine rings is 1. The van der Waals surface area contributed by atoms with Gasteiger partial charge in [-0.15, -0.1) is 0 Å². The Balaban J connectivity index is 2.97. The van der Waals surface area contributed by atoms with E-state index < -0.39 is 6.09 Å². The first-order chi connectivity index (χ1) is 5.59. The van der Waals surface area contributed by atoms with Gasteiger partial charge in [0.15, 0.2) is 5.82 Å². The molecule has 0 saturated carbocycles. The molecule has 0 bridgehead atoms. The van der Waals surface area contributed by atoms with Gasteiger partial charge in [0, 0.05) is 0 Å². The van der Waals surface area contributed by atoms with Crippen LogP contribution in [0.2, 0.25) is 10.2 Å². The van der Waals surface area contributed by atoms with E-state index in [0.717, 1.165) is 0 Å². The molecule has 0 aromatic carbocycles. The van der Waals surface area contributed by atoms with Crippen LogP contribution in [0.15, 0.2) is 12.1 Å². The molecular weight excluding hydrogens is 203 g/mol. The second kappa shape index (κ2) is 3.60. The summed E-state index contributed by atoms with van der Waals surface area (Å²) in [7, 11) is 0. The van der Waals surface area contributed by atoms with Crippen molar-refractivity contribution in [1.82, 2.24) is 4.98 Å². The predicted octanol–water partition coefficient (Wildman–Crippen LogP) is 2.48. The van der Waals surface area contributed by atoms with Crippen molar-refractivity contribution >= 4 is 35.1 Å². The van der Waals surface area contributed by atoms with Gasteiger partial charge in [0.05, 0.1) is 5.02 Å². The highest BCUT2D eigenvalue weighted by atomic mass is 35.5. The van der Waals surface area contributed by atoms with Crippen molar-refractivity contribution in [1.29, 1.82) is 0 Å². The zero-order valence-electron chi connectivity index (χ0n) is 5.71. The molecule has 0 aliphatic rings. The van der Waals surface area contributed by atoms with E-state index in [9.17, 15) is 4.79 Å². The van der Waals surface area contributed by atoms with E-state index in [1.54, 1.807) is 0 Å². The van der Waals surface area contributed by atoms with Gasteiger partial charge in [0.1, 0.15) is 5.15 Å². The van der Waals surface area contributed by atoms with Gasteiger partial charge < -0.3 is 5.11 Å². The zero-order chi connectivity index (χ0) is 9.14. The molecule has 0 saturated heterocycles. The van der Waals surface area contributed by atoms with Gasteiger partial charge in [-0.1, -0.05) is 23.2 Å². The number of hydrogen-bond donors (Lipinski definition) is 2. The van der Waals surface area contributed by atoms with Crippen molar-refractivity contribution in [2.24, 2.45) is 0 Å². The summed E-state index contributed by atoms with van der Waals surface area (Å²) in [6.07, 6.45) is -1.23. The maximum atomic E-state index is 10.2. The summed E-state index contributed by atoms with van der Waals surface area (Å²) in [5.41, 5.74) is 0. The summed E-state index contributed by atoms with van der Waals surface area (Å²) in [5.74, 6) is 0.0386. The van der Waals surface area contributed by atoms with Gasteiger partial charge in [-0.05, 0) is 12.1 Å². The molecule has 64 valence electrons. The number of carbonyl (C=O) groups is 1. The topological polar surface area (TPSA) is 62.2 Å². The maximum absolute atomic E-state index is 10.2. The fraction of sp³-hybridized carbons (Fsp3) is 0. The monoisotopic (exact) mass is 206 g/mol. The van der Waals surface area contributed by atoms with Crippen LogP contribution >= 0.6 is 23.2 Å². The van der Waals surface area contributed by atoms with Gasteiger partial charge in [0.25, 0.3) is 0 Å². The minimum absolute atomic E-state index is 0.0386. The summed E-state index contributed by atoms with van der Waals surface area (Å²) >= 11 is 11.1. The van der Waals surface area contributed by atoms with Crippen molar-refractivity contribution in [3.8, 4) is 0 Å². The molecule has 1 aromatic heterocycles. The average molecular weight is 207 g/mol. The molecule has 1 heterocycles. The van der Waals surface area contributed by atoms with Crippen molar-refractivity contribution < 1.29 is 9.90 Å². The molecule has 0 aliphatic heterocycles. The lowest BCUT2D eigenvalue weighted by Crippen LogP contribution is -2.09. The normalized spacial score (nSPS) is 9.50. The number of carboxylic acid groups (broad SMARTS) is 1. The third-order valence-corrected chi connectivity index (χ3v) is 1.55. The highest BCUT2D eigenvalue weighted by Gasteiger charge is 2.05. The van der Waals surface area contributed by atoms with E-state index in [4.69, 9.17) is 28.3 Å². The van der Waals surface area contributed by atoms with Gasteiger partial charge in [0.2, 0.25) is 0 Å². The highest BCUT2D eigenvalue weighted by molar-refractivity contribution is 6.34. The van der Waals surface area contributed by atoms with Crippen molar-refractivity contribution in [3.63, 3.8) is 0 Å². The number of rotatable bonds is 1. The Hall–Kier alpha value is -1.000. The van der Waals surface area contributed by atoms with Crippen molar-refractivity contribution in [3.05, 3.63) is 22.3 Å². The molecule has 4 nitrogen and oxygen atoms in total. The molecule has 1 amide bonds. The van der Waals surface area contributed by atoms with Gasteiger partial charge >= 0.3 is 6.09 Å². The van der Waals surface area contributed by atoms with E-state index in [1.165, 1.54) is 12.1 Å². The highest BCUT2D eigenvalue weighted by Crippen LogP contribution is 2.20. The van der Waals surface area contributed by atoms with E-state index in [0.29, 0.717) is 0 Å². The minimum atomic E-state index is -1.23. The largest absolute Gasteiger partial charge is 0.465 e. The average Bonchev–Trinajstić information content (AvgIpc) is 1.96. The van der Waals surface area contributed by atoms with Crippen LogP contribution in [0.25, 0.3) is 0 Å². The third-order valence-electron chi connectivity index (χ3n) is 1.04. The Morgan fingerprint density at radius 2 is 2.17 bits per heavy atom. The molecule has 12 heavy (non-hydrogen) atoms. The molecule has 0 aliphatic carbocycles. The molecule has 0 atom stereocenters. The smallest absolute Gasteiger partial charge is 0.410 e. The summed E-state index contributed by atoms with van der Waals surface area (Å²) in [6, 6.07) is 2.93. The predicted molar refractivity (Wildman–Crippen MR) is 45.9 cm³/mol. The SMILES string of the molecule is O=C(O)Nc1nc(Cl)ccc1Cl. The van der Waals surface area contributed by atoms with E-state index in [1.807, 2.05) is 5.32 Å². The first-order valence-electron chi connectivity index (χ1n) is 2.91. The van der Waals surface area contributed by atoms with E-state index >= 15 is 0 Å². The summed E-state index contributed by atoms with van der Waals surface area (Å²) in [6.45, 7) is 0. The molecule has 0 fully saturated rings. The van der Waals surface area contributed by atoms with Gasteiger partial charge in [-0.2, -0.15) is 0 Å². The molecule has 0 spiro atoms. The molecule has 0 unspecified atom stereocenters. The quantitative estimate of drug-likeness (QED) is 0.695.